The molecule has 4 aromatic rings. The van der Waals surface area contributed by atoms with Gasteiger partial charge in [0, 0.05) is 17.3 Å². The summed E-state index contributed by atoms with van der Waals surface area (Å²) < 4.78 is 12.2. The van der Waals surface area contributed by atoms with Crippen molar-refractivity contribution >= 4 is 17.2 Å². The largest absolute Gasteiger partial charge is 0.494 e. The van der Waals surface area contributed by atoms with E-state index in [9.17, 15) is 4.79 Å². The molecule has 7 nitrogen and oxygen atoms in total. The molecule has 0 fully saturated rings. The lowest BCUT2D eigenvalue weighted by Gasteiger charge is -2.07. The Morgan fingerprint density at radius 3 is 2.50 bits per heavy atom. The average Bonchev–Trinajstić information content (AvgIpc) is 3.19. The highest BCUT2D eigenvalue weighted by molar-refractivity contribution is 5.92. The number of amides is 1. The van der Waals surface area contributed by atoms with Gasteiger partial charge < -0.3 is 14.8 Å². The summed E-state index contributed by atoms with van der Waals surface area (Å²) >= 11 is 0. The molecule has 2 aromatic carbocycles. The molecule has 0 saturated carbocycles. The van der Waals surface area contributed by atoms with E-state index in [2.05, 4.69) is 15.4 Å². The number of benzene rings is 2. The number of carbonyl (C=O) groups is 1. The lowest BCUT2D eigenvalue weighted by atomic mass is 10.1. The van der Waals surface area contributed by atoms with Crippen LogP contribution in [0, 0.1) is 0 Å². The number of imidazole rings is 1. The van der Waals surface area contributed by atoms with Crippen molar-refractivity contribution in [2.24, 2.45) is 0 Å². The first kappa shape index (κ1) is 19.4. The van der Waals surface area contributed by atoms with Crippen LogP contribution in [0.1, 0.15) is 12.5 Å². The average molecular weight is 402 g/mol. The van der Waals surface area contributed by atoms with Crippen LogP contribution in [0.4, 0.5) is 5.69 Å². The third-order valence-corrected chi connectivity index (χ3v) is 4.57. The molecule has 4 rings (SSSR count). The zero-order chi connectivity index (χ0) is 20.9. The highest BCUT2D eigenvalue weighted by Gasteiger charge is 2.08. The number of ether oxygens (including phenoxy) is 2. The summed E-state index contributed by atoms with van der Waals surface area (Å²) in [5.74, 6) is 1.26. The van der Waals surface area contributed by atoms with Gasteiger partial charge in [0.05, 0.1) is 32.0 Å². The molecule has 0 aliphatic rings. The Morgan fingerprint density at radius 1 is 1.03 bits per heavy atom. The molecule has 30 heavy (non-hydrogen) atoms. The third-order valence-electron chi connectivity index (χ3n) is 4.57. The normalized spacial score (nSPS) is 10.7. The van der Waals surface area contributed by atoms with E-state index in [1.807, 2.05) is 67.7 Å². The molecule has 0 saturated heterocycles. The van der Waals surface area contributed by atoms with E-state index in [1.54, 1.807) is 17.7 Å². The van der Waals surface area contributed by atoms with Gasteiger partial charge in [-0.05, 0) is 42.8 Å². The minimum absolute atomic E-state index is 0.0732. The molecule has 0 bridgehead atoms. The first-order valence-corrected chi connectivity index (χ1v) is 9.67. The first-order chi connectivity index (χ1) is 14.6. The van der Waals surface area contributed by atoms with E-state index in [0.717, 1.165) is 33.9 Å². The summed E-state index contributed by atoms with van der Waals surface area (Å²) in [7, 11) is 1.58. The van der Waals surface area contributed by atoms with E-state index >= 15 is 0 Å². The van der Waals surface area contributed by atoms with Crippen LogP contribution in [-0.2, 0) is 11.2 Å². The van der Waals surface area contributed by atoms with Crippen molar-refractivity contribution in [1.29, 1.82) is 0 Å². The predicted molar refractivity (Wildman–Crippen MR) is 115 cm³/mol. The van der Waals surface area contributed by atoms with Crippen molar-refractivity contribution in [2.45, 2.75) is 13.3 Å². The van der Waals surface area contributed by atoms with E-state index < -0.39 is 0 Å². The molecule has 7 heteroatoms. The summed E-state index contributed by atoms with van der Waals surface area (Å²) in [6.07, 6.45) is 2.14. The number of nitrogens with zero attached hydrogens (tertiary/aromatic N) is 3. The van der Waals surface area contributed by atoms with Crippen LogP contribution in [-0.4, -0.2) is 34.2 Å². The number of methoxy groups -OCH3 is 1. The molecule has 0 unspecified atom stereocenters. The van der Waals surface area contributed by atoms with Crippen molar-refractivity contribution in [2.75, 3.05) is 19.0 Å². The Balaban J connectivity index is 1.41. The van der Waals surface area contributed by atoms with Gasteiger partial charge in [0.2, 0.25) is 11.8 Å². The van der Waals surface area contributed by atoms with Crippen molar-refractivity contribution in [1.82, 2.24) is 14.6 Å². The van der Waals surface area contributed by atoms with Gasteiger partial charge >= 0.3 is 0 Å². The van der Waals surface area contributed by atoms with Gasteiger partial charge in [-0.3, -0.25) is 4.79 Å². The minimum atomic E-state index is -0.0732. The Hall–Kier alpha value is -3.87. The molecule has 0 radical (unpaired) electrons. The van der Waals surface area contributed by atoms with Crippen molar-refractivity contribution < 1.29 is 14.3 Å². The fourth-order valence-corrected chi connectivity index (χ4v) is 3.10. The number of hydrogen-bond acceptors (Lipinski definition) is 5. The van der Waals surface area contributed by atoms with Crippen molar-refractivity contribution in [3.05, 3.63) is 72.4 Å². The zero-order valence-electron chi connectivity index (χ0n) is 16.8. The lowest BCUT2D eigenvalue weighted by Crippen LogP contribution is -2.14. The molecular weight excluding hydrogens is 380 g/mol. The van der Waals surface area contributed by atoms with Crippen LogP contribution >= 0.6 is 0 Å². The Kier molecular flexibility index (Phi) is 5.61. The van der Waals surface area contributed by atoms with Crippen LogP contribution in [0.25, 0.3) is 16.9 Å². The predicted octanol–water partition coefficient (Wildman–Crippen LogP) is 3.98. The quantitative estimate of drug-likeness (QED) is 0.506. The maximum absolute atomic E-state index is 12.3. The standard InChI is InChI=1S/C23H22N4O3/c1-3-30-19-10-4-16(5-11-19)14-22(28)24-18-8-6-17(7-9-18)20-15-27-21(25-20)12-13-23(26-27)29-2/h4-13,15H,3,14H2,1-2H3,(H,24,28). The maximum Gasteiger partial charge on any atom is 0.231 e. The van der Waals surface area contributed by atoms with E-state index in [-0.39, 0.29) is 5.91 Å². The molecule has 2 aromatic heterocycles. The molecule has 0 spiro atoms. The summed E-state index contributed by atoms with van der Waals surface area (Å²) in [6.45, 7) is 2.56. The SMILES string of the molecule is CCOc1ccc(CC(=O)Nc2ccc(-c3cn4nc(OC)ccc4n3)cc2)cc1. The summed E-state index contributed by atoms with van der Waals surface area (Å²) in [5, 5.41) is 7.25. The van der Waals surface area contributed by atoms with Gasteiger partial charge in [0.15, 0.2) is 5.65 Å². The van der Waals surface area contributed by atoms with E-state index in [0.29, 0.717) is 18.9 Å². The molecule has 1 amide bonds. The second-order valence-electron chi connectivity index (χ2n) is 6.68. The lowest BCUT2D eigenvalue weighted by molar-refractivity contribution is -0.115. The first-order valence-electron chi connectivity index (χ1n) is 9.67. The van der Waals surface area contributed by atoms with Crippen LogP contribution in [0.3, 0.4) is 0 Å². The number of carbonyl (C=O) groups excluding carboxylic acids is 1. The zero-order valence-corrected chi connectivity index (χ0v) is 16.8. The molecule has 2 heterocycles. The van der Waals surface area contributed by atoms with Crippen molar-refractivity contribution in [3.63, 3.8) is 0 Å². The van der Waals surface area contributed by atoms with Crippen LogP contribution < -0.4 is 14.8 Å². The number of rotatable bonds is 7. The smallest absolute Gasteiger partial charge is 0.231 e. The van der Waals surface area contributed by atoms with E-state index in [4.69, 9.17) is 9.47 Å². The number of aromatic nitrogens is 3. The number of nitrogens with one attached hydrogen (secondary N) is 1. The summed E-state index contributed by atoms with van der Waals surface area (Å²) in [5.41, 5.74) is 4.13. The minimum Gasteiger partial charge on any atom is -0.494 e. The number of hydrogen-bond donors (Lipinski definition) is 1. The fourth-order valence-electron chi connectivity index (χ4n) is 3.10. The monoisotopic (exact) mass is 402 g/mol. The van der Waals surface area contributed by atoms with Gasteiger partial charge in [-0.15, -0.1) is 5.10 Å². The van der Waals surface area contributed by atoms with Crippen LogP contribution in [0.2, 0.25) is 0 Å². The molecular formula is C23H22N4O3. The number of fused-ring (bicyclic) bond motifs is 1. The number of anilines is 1. The Morgan fingerprint density at radius 2 is 1.80 bits per heavy atom. The molecule has 152 valence electrons. The van der Waals surface area contributed by atoms with E-state index in [1.165, 1.54) is 0 Å². The van der Waals surface area contributed by atoms with Gasteiger partial charge in [-0.1, -0.05) is 24.3 Å². The summed E-state index contributed by atoms with van der Waals surface area (Å²) in [6, 6.07) is 18.8. The van der Waals surface area contributed by atoms with Gasteiger partial charge in [-0.25, -0.2) is 9.50 Å². The van der Waals surface area contributed by atoms with Gasteiger partial charge in [-0.2, -0.15) is 0 Å². The third kappa shape index (κ3) is 4.41. The second kappa shape index (κ2) is 8.65. The summed E-state index contributed by atoms with van der Waals surface area (Å²) in [4.78, 5) is 16.9. The molecule has 0 aliphatic heterocycles. The maximum atomic E-state index is 12.3. The topological polar surface area (TPSA) is 77.8 Å². The van der Waals surface area contributed by atoms with Gasteiger partial charge in [0.25, 0.3) is 0 Å². The second-order valence-corrected chi connectivity index (χ2v) is 6.68. The molecule has 1 N–H and O–H groups in total. The fraction of sp³-hybridized carbons (Fsp3) is 0.174. The molecule has 0 aliphatic carbocycles. The highest BCUT2D eigenvalue weighted by atomic mass is 16.5. The highest BCUT2D eigenvalue weighted by Crippen LogP contribution is 2.22. The Bertz CT molecular complexity index is 1150. The molecule has 0 atom stereocenters. The Labute approximate surface area is 174 Å². The van der Waals surface area contributed by atoms with Crippen LogP contribution in [0.5, 0.6) is 11.6 Å². The van der Waals surface area contributed by atoms with Crippen LogP contribution in [0.15, 0.2) is 66.9 Å². The van der Waals surface area contributed by atoms with Gasteiger partial charge in [0.1, 0.15) is 5.75 Å². The van der Waals surface area contributed by atoms with Crippen molar-refractivity contribution in [3.8, 4) is 22.9 Å².